The van der Waals surface area contributed by atoms with Crippen LogP contribution in [0.4, 0.5) is 0 Å². The van der Waals surface area contributed by atoms with E-state index in [0.29, 0.717) is 37.4 Å². The summed E-state index contributed by atoms with van der Waals surface area (Å²) in [5.74, 6) is -0.137. The summed E-state index contributed by atoms with van der Waals surface area (Å²) in [7, 11) is 0. The van der Waals surface area contributed by atoms with Crippen molar-refractivity contribution in [3.05, 3.63) is 52.1 Å². The summed E-state index contributed by atoms with van der Waals surface area (Å²) in [6.45, 7) is 2.04. The van der Waals surface area contributed by atoms with Crippen molar-refractivity contribution < 1.29 is 14.0 Å². The van der Waals surface area contributed by atoms with Gasteiger partial charge in [-0.15, -0.1) is 11.3 Å². The predicted octanol–water partition coefficient (Wildman–Crippen LogP) is 3.06. The summed E-state index contributed by atoms with van der Waals surface area (Å²) in [5.41, 5.74) is 2.06. The molecule has 0 saturated carbocycles. The monoisotopic (exact) mass is 373 g/mol. The van der Waals surface area contributed by atoms with Crippen LogP contribution in [0, 0.1) is 0 Å². The third-order valence-electron chi connectivity index (χ3n) is 4.11. The summed E-state index contributed by atoms with van der Waals surface area (Å²) in [6, 6.07) is 3.65. The lowest BCUT2D eigenvalue weighted by molar-refractivity contribution is 0.0532. The van der Waals surface area contributed by atoms with E-state index < -0.39 is 0 Å². The first-order chi connectivity index (χ1) is 12.2. The molecule has 8 heteroatoms. The Morgan fingerprint density at radius 3 is 2.44 bits per heavy atom. The number of carbonyl (C=O) groups is 2. The molecule has 0 radical (unpaired) electrons. The maximum Gasteiger partial charge on any atom is 0.273 e. The van der Waals surface area contributed by atoms with Crippen molar-refractivity contribution in [3.8, 4) is 10.6 Å². The van der Waals surface area contributed by atoms with Gasteiger partial charge in [0.25, 0.3) is 11.8 Å². The molecule has 6 nitrogen and oxygen atoms in total. The Labute approximate surface area is 152 Å². The van der Waals surface area contributed by atoms with Crippen LogP contribution in [0.5, 0.6) is 0 Å². The van der Waals surface area contributed by atoms with Gasteiger partial charge < -0.3 is 14.2 Å². The molecule has 3 aromatic rings. The molecule has 0 spiro atoms. The zero-order valence-corrected chi connectivity index (χ0v) is 14.9. The molecule has 4 rings (SSSR count). The molecule has 0 N–H and O–H groups in total. The predicted molar refractivity (Wildman–Crippen MR) is 95.9 cm³/mol. The summed E-state index contributed by atoms with van der Waals surface area (Å²) in [4.78, 5) is 32.9. The van der Waals surface area contributed by atoms with Gasteiger partial charge in [0.05, 0.1) is 11.8 Å². The van der Waals surface area contributed by atoms with Crippen molar-refractivity contribution in [1.82, 2.24) is 14.8 Å². The Morgan fingerprint density at radius 1 is 1.04 bits per heavy atom. The van der Waals surface area contributed by atoms with Gasteiger partial charge in [-0.3, -0.25) is 9.59 Å². The smallest absolute Gasteiger partial charge is 0.273 e. The van der Waals surface area contributed by atoms with Gasteiger partial charge in [-0.2, -0.15) is 11.3 Å². The van der Waals surface area contributed by atoms with Crippen molar-refractivity contribution in [2.24, 2.45) is 0 Å². The maximum atomic E-state index is 12.6. The maximum absolute atomic E-state index is 12.6. The molecule has 0 aromatic carbocycles. The van der Waals surface area contributed by atoms with Crippen molar-refractivity contribution >= 4 is 34.5 Å². The highest BCUT2D eigenvalue weighted by Crippen LogP contribution is 2.26. The molecule has 4 heterocycles. The average molecular weight is 373 g/mol. The molecule has 1 aliphatic rings. The van der Waals surface area contributed by atoms with Crippen LogP contribution in [-0.2, 0) is 0 Å². The molecule has 128 valence electrons. The molecule has 0 aliphatic carbocycles. The fraction of sp³-hybridized carbons (Fsp3) is 0.235. The summed E-state index contributed by atoms with van der Waals surface area (Å²) >= 11 is 3.09. The molecule has 0 atom stereocenters. The Bertz CT molecular complexity index is 863. The molecule has 0 bridgehead atoms. The molecular formula is C17H15N3O3S2. The van der Waals surface area contributed by atoms with Crippen LogP contribution in [0.2, 0.25) is 0 Å². The summed E-state index contributed by atoms with van der Waals surface area (Å²) < 4.78 is 4.96. The highest BCUT2D eigenvalue weighted by atomic mass is 32.1. The largest absolute Gasteiger partial charge is 0.472 e. The lowest BCUT2D eigenvalue weighted by Crippen LogP contribution is -2.50. The van der Waals surface area contributed by atoms with Crippen LogP contribution < -0.4 is 0 Å². The van der Waals surface area contributed by atoms with Gasteiger partial charge in [0.1, 0.15) is 17.0 Å². The van der Waals surface area contributed by atoms with Crippen LogP contribution >= 0.6 is 22.7 Å². The molecule has 0 unspecified atom stereocenters. The molecule has 25 heavy (non-hydrogen) atoms. The zero-order chi connectivity index (χ0) is 17.2. The van der Waals surface area contributed by atoms with Crippen LogP contribution in [-0.4, -0.2) is 52.8 Å². The van der Waals surface area contributed by atoms with Gasteiger partial charge in [0, 0.05) is 42.5 Å². The number of hydrogen-bond donors (Lipinski definition) is 0. The first kappa shape index (κ1) is 16.0. The second-order valence-electron chi connectivity index (χ2n) is 5.65. The molecule has 2 amide bonds. The highest BCUT2D eigenvalue weighted by molar-refractivity contribution is 7.14. The van der Waals surface area contributed by atoms with E-state index in [1.54, 1.807) is 32.6 Å². The first-order valence-corrected chi connectivity index (χ1v) is 9.63. The molecule has 1 aliphatic heterocycles. The average Bonchev–Trinajstić information content (AvgIpc) is 3.42. The van der Waals surface area contributed by atoms with Gasteiger partial charge in [0.15, 0.2) is 0 Å². The van der Waals surface area contributed by atoms with Crippen molar-refractivity contribution in [2.45, 2.75) is 0 Å². The quantitative estimate of drug-likeness (QED) is 0.708. The number of hydrogen-bond acceptors (Lipinski definition) is 6. The first-order valence-electron chi connectivity index (χ1n) is 7.81. The minimum atomic E-state index is -0.0758. The van der Waals surface area contributed by atoms with Crippen LogP contribution in [0.25, 0.3) is 10.6 Å². The van der Waals surface area contributed by atoms with Crippen LogP contribution in [0.15, 0.2) is 45.2 Å². The van der Waals surface area contributed by atoms with E-state index in [2.05, 4.69) is 4.98 Å². The number of nitrogens with zero attached hydrogens (tertiary/aromatic N) is 3. The van der Waals surface area contributed by atoms with E-state index in [1.165, 1.54) is 23.9 Å². The lowest BCUT2D eigenvalue weighted by Gasteiger charge is -2.34. The summed E-state index contributed by atoms with van der Waals surface area (Å²) in [6.07, 6.45) is 2.93. The minimum Gasteiger partial charge on any atom is -0.472 e. The molecule has 3 aromatic heterocycles. The SMILES string of the molecule is O=C(c1ccoc1)N1CCN(C(=O)c2csc(-c3ccsc3)n2)CC1. The van der Waals surface area contributed by atoms with Crippen molar-refractivity contribution in [1.29, 1.82) is 0 Å². The second kappa shape index (κ2) is 6.81. The van der Waals surface area contributed by atoms with Gasteiger partial charge >= 0.3 is 0 Å². The van der Waals surface area contributed by atoms with Crippen LogP contribution in [0.1, 0.15) is 20.8 Å². The van der Waals surface area contributed by atoms with E-state index in [9.17, 15) is 9.59 Å². The Kier molecular flexibility index (Phi) is 4.37. The number of carbonyl (C=O) groups excluding carboxylic acids is 2. The minimum absolute atomic E-state index is 0.0609. The highest BCUT2D eigenvalue weighted by Gasteiger charge is 2.27. The number of aromatic nitrogens is 1. The lowest BCUT2D eigenvalue weighted by atomic mass is 10.2. The number of thiazole rings is 1. The van der Waals surface area contributed by atoms with Crippen molar-refractivity contribution in [2.75, 3.05) is 26.2 Å². The Balaban J connectivity index is 1.39. The van der Waals surface area contributed by atoms with E-state index in [-0.39, 0.29) is 11.8 Å². The van der Waals surface area contributed by atoms with Crippen molar-refractivity contribution in [3.63, 3.8) is 0 Å². The van der Waals surface area contributed by atoms with Gasteiger partial charge in [-0.1, -0.05) is 0 Å². The third kappa shape index (κ3) is 3.22. The number of furan rings is 1. The standard InChI is InChI=1S/C17H15N3O3S2/c21-16(12-1-7-23-9-12)19-3-5-20(6-4-19)17(22)14-11-25-15(18-14)13-2-8-24-10-13/h1-2,7-11H,3-6H2. The Morgan fingerprint density at radius 2 is 1.80 bits per heavy atom. The van der Waals surface area contributed by atoms with E-state index in [1.807, 2.05) is 16.8 Å². The van der Waals surface area contributed by atoms with Gasteiger partial charge in [-0.25, -0.2) is 4.98 Å². The normalized spacial score (nSPS) is 14.7. The third-order valence-corrected chi connectivity index (χ3v) is 5.69. The number of amides is 2. The number of piperazine rings is 1. The van der Waals surface area contributed by atoms with E-state index >= 15 is 0 Å². The zero-order valence-electron chi connectivity index (χ0n) is 13.3. The second-order valence-corrected chi connectivity index (χ2v) is 7.28. The Hall–Kier alpha value is -2.45. The number of rotatable bonds is 3. The summed E-state index contributed by atoms with van der Waals surface area (Å²) in [5, 5.41) is 6.68. The van der Waals surface area contributed by atoms with Gasteiger partial charge in [0.2, 0.25) is 0 Å². The van der Waals surface area contributed by atoms with E-state index in [0.717, 1.165) is 10.6 Å². The van der Waals surface area contributed by atoms with Crippen LogP contribution in [0.3, 0.4) is 0 Å². The molecule has 1 fully saturated rings. The number of thiophene rings is 1. The molecular weight excluding hydrogens is 358 g/mol. The fourth-order valence-electron chi connectivity index (χ4n) is 2.73. The molecule has 1 saturated heterocycles. The van der Waals surface area contributed by atoms with Gasteiger partial charge in [-0.05, 0) is 17.5 Å². The fourth-order valence-corrected chi connectivity index (χ4v) is 4.24. The topological polar surface area (TPSA) is 66.7 Å². The van der Waals surface area contributed by atoms with E-state index in [4.69, 9.17) is 4.42 Å².